The Morgan fingerprint density at radius 1 is 1.19 bits per heavy atom. The van der Waals surface area contributed by atoms with Crippen molar-refractivity contribution in [3.63, 3.8) is 0 Å². The lowest BCUT2D eigenvalue weighted by Gasteiger charge is -2.13. The highest BCUT2D eigenvalue weighted by molar-refractivity contribution is 5.96. The monoisotopic (exact) mass is 348 g/mol. The molecule has 3 heterocycles. The van der Waals surface area contributed by atoms with Gasteiger partial charge >= 0.3 is 6.01 Å². The third-order valence-corrected chi connectivity index (χ3v) is 4.26. The van der Waals surface area contributed by atoms with E-state index in [9.17, 15) is 4.79 Å². The minimum Gasteiger partial charge on any atom is -0.467 e. The summed E-state index contributed by atoms with van der Waals surface area (Å²) in [6, 6.07) is 9.68. The second-order valence-corrected chi connectivity index (χ2v) is 5.72. The Bertz CT molecular complexity index is 1120. The molecule has 0 spiro atoms. The summed E-state index contributed by atoms with van der Waals surface area (Å²) in [6.07, 6.45) is 5.44. The van der Waals surface area contributed by atoms with Gasteiger partial charge in [-0.3, -0.25) is 9.36 Å². The van der Waals surface area contributed by atoms with Gasteiger partial charge in [-0.2, -0.15) is 0 Å². The Kier molecular flexibility index (Phi) is 3.96. The maximum Gasteiger partial charge on any atom is 0.316 e. The molecule has 0 N–H and O–H groups in total. The fraction of sp³-hybridized carbons (Fsp3) is 0.158. The third-order valence-electron chi connectivity index (χ3n) is 4.26. The van der Waals surface area contributed by atoms with E-state index in [0.717, 1.165) is 22.2 Å². The minimum atomic E-state index is -0.153. The summed E-state index contributed by atoms with van der Waals surface area (Å²) in [5.41, 5.74) is 2.21. The number of pyridine rings is 1. The SMILES string of the molecule is CCc1cc2cccc(-c3cnc(OC)nc3)c2c(=O)n1-c1ccon1. The number of aryl methyl sites for hydroxylation is 1. The summed E-state index contributed by atoms with van der Waals surface area (Å²) in [4.78, 5) is 21.6. The topological polar surface area (TPSA) is 83.0 Å². The Labute approximate surface area is 148 Å². The molecule has 3 aromatic heterocycles. The Morgan fingerprint density at radius 3 is 2.65 bits per heavy atom. The molecule has 0 saturated carbocycles. The van der Waals surface area contributed by atoms with Gasteiger partial charge in [-0.05, 0) is 23.4 Å². The van der Waals surface area contributed by atoms with Crippen LogP contribution in [0, 0.1) is 0 Å². The fourth-order valence-corrected chi connectivity index (χ4v) is 3.05. The largest absolute Gasteiger partial charge is 0.467 e. The summed E-state index contributed by atoms with van der Waals surface area (Å²) in [7, 11) is 1.51. The molecule has 0 unspecified atom stereocenters. The van der Waals surface area contributed by atoms with Gasteiger partial charge in [0, 0.05) is 29.7 Å². The van der Waals surface area contributed by atoms with Gasteiger partial charge in [-0.1, -0.05) is 30.3 Å². The number of rotatable bonds is 4. The van der Waals surface area contributed by atoms with Gasteiger partial charge in [-0.15, -0.1) is 0 Å². The van der Waals surface area contributed by atoms with Crippen molar-refractivity contribution in [2.24, 2.45) is 0 Å². The predicted octanol–water partition coefficient (Wildman–Crippen LogP) is 3.01. The maximum absolute atomic E-state index is 13.3. The van der Waals surface area contributed by atoms with Gasteiger partial charge in [0.1, 0.15) is 6.26 Å². The lowest BCUT2D eigenvalue weighted by molar-refractivity contribution is 0.380. The molecular weight excluding hydrogens is 332 g/mol. The molecule has 0 aliphatic heterocycles. The van der Waals surface area contributed by atoms with E-state index in [1.54, 1.807) is 23.0 Å². The van der Waals surface area contributed by atoms with E-state index in [1.165, 1.54) is 13.4 Å². The van der Waals surface area contributed by atoms with Crippen molar-refractivity contribution in [2.45, 2.75) is 13.3 Å². The first-order chi connectivity index (χ1) is 12.7. The van der Waals surface area contributed by atoms with Crippen molar-refractivity contribution in [1.82, 2.24) is 19.7 Å². The smallest absolute Gasteiger partial charge is 0.316 e. The molecule has 4 rings (SSSR count). The number of ether oxygens (including phenoxy) is 1. The summed E-state index contributed by atoms with van der Waals surface area (Å²) >= 11 is 0. The second-order valence-electron chi connectivity index (χ2n) is 5.72. The molecule has 0 fully saturated rings. The van der Waals surface area contributed by atoms with Crippen LogP contribution >= 0.6 is 0 Å². The number of methoxy groups -OCH3 is 1. The Hall–Kier alpha value is -3.48. The Morgan fingerprint density at radius 2 is 2.00 bits per heavy atom. The summed E-state index contributed by atoms with van der Waals surface area (Å²) < 4.78 is 11.5. The van der Waals surface area contributed by atoms with Crippen molar-refractivity contribution >= 4 is 10.8 Å². The summed E-state index contributed by atoms with van der Waals surface area (Å²) in [5.74, 6) is 0.467. The van der Waals surface area contributed by atoms with Crippen LogP contribution in [-0.2, 0) is 6.42 Å². The van der Waals surface area contributed by atoms with Crippen LogP contribution < -0.4 is 10.3 Å². The van der Waals surface area contributed by atoms with Crippen LogP contribution in [0.25, 0.3) is 27.7 Å². The van der Waals surface area contributed by atoms with Crippen LogP contribution in [0.4, 0.5) is 0 Å². The molecule has 0 saturated heterocycles. The normalized spacial score (nSPS) is 11.0. The quantitative estimate of drug-likeness (QED) is 0.564. The molecule has 26 heavy (non-hydrogen) atoms. The van der Waals surface area contributed by atoms with Crippen LogP contribution in [-0.4, -0.2) is 26.8 Å². The molecule has 7 nitrogen and oxygen atoms in total. The molecular formula is C19H16N4O3. The molecule has 0 amide bonds. The van der Waals surface area contributed by atoms with E-state index < -0.39 is 0 Å². The summed E-state index contributed by atoms with van der Waals surface area (Å²) in [6.45, 7) is 2.00. The van der Waals surface area contributed by atoms with Crippen molar-refractivity contribution in [1.29, 1.82) is 0 Å². The van der Waals surface area contributed by atoms with Crippen LogP contribution in [0.5, 0.6) is 6.01 Å². The highest BCUT2D eigenvalue weighted by Crippen LogP contribution is 2.27. The van der Waals surface area contributed by atoms with Crippen molar-refractivity contribution in [2.75, 3.05) is 7.11 Å². The van der Waals surface area contributed by atoms with E-state index in [2.05, 4.69) is 15.1 Å². The molecule has 130 valence electrons. The zero-order valence-corrected chi connectivity index (χ0v) is 14.3. The lowest BCUT2D eigenvalue weighted by Crippen LogP contribution is -2.22. The van der Waals surface area contributed by atoms with E-state index in [4.69, 9.17) is 9.26 Å². The number of hydrogen-bond acceptors (Lipinski definition) is 6. The molecule has 7 heteroatoms. The third kappa shape index (κ3) is 2.54. The lowest BCUT2D eigenvalue weighted by atomic mass is 10.0. The molecule has 0 radical (unpaired) electrons. The van der Waals surface area contributed by atoms with E-state index in [1.807, 2.05) is 31.2 Å². The molecule has 0 bridgehead atoms. The van der Waals surface area contributed by atoms with Gasteiger partial charge < -0.3 is 9.26 Å². The molecule has 4 aromatic rings. The zero-order valence-electron chi connectivity index (χ0n) is 14.3. The number of fused-ring (bicyclic) bond motifs is 1. The van der Waals surface area contributed by atoms with Gasteiger partial charge in [0.15, 0.2) is 5.82 Å². The van der Waals surface area contributed by atoms with E-state index in [-0.39, 0.29) is 11.6 Å². The highest BCUT2D eigenvalue weighted by Gasteiger charge is 2.16. The van der Waals surface area contributed by atoms with Crippen molar-refractivity contribution in [3.8, 4) is 23.0 Å². The van der Waals surface area contributed by atoms with Crippen LogP contribution in [0.1, 0.15) is 12.6 Å². The first-order valence-electron chi connectivity index (χ1n) is 8.17. The molecule has 0 aliphatic carbocycles. The number of nitrogens with zero attached hydrogens (tertiary/aromatic N) is 4. The first-order valence-corrected chi connectivity index (χ1v) is 8.17. The molecule has 1 aromatic carbocycles. The van der Waals surface area contributed by atoms with Crippen molar-refractivity contribution in [3.05, 3.63) is 65.0 Å². The van der Waals surface area contributed by atoms with Gasteiger partial charge in [0.2, 0.25) is 0 Å². The van der Waals surface area contributed by atoms with Crippen LogP contribution in [0.3, 0.4) is 0 Å². The van der Waals surface area contributed by atoms with Crippen LogP contribution in [0.2, 0.25) is 0 Å². The van der Waals surface area contributed by atoms with Gasteiger partial charge in [0.25, 0.3) is 5.56 Å². The van der Waals surface area contributed by atoms with Gasteiger partial charge in [-0.25, -0.2) is 9.97 Å². The highest BCUT2D eigenvalue weighted by atomic mass is 16.5. The van der Waals surface area contributed by atoms with Gasteiger partial charge in [0.05, 0.1) is 12.5 Å². The molecule has 0 atom stereocenters. The average Bonchev–Trinajstić information content (AvgIpc) is 3.21. The average molecular weight is 348 g/mol. The maximum atomic E-state index is 13.3. The van der Waals surface area contributed by atoms with Crippen molar-refractivity contribution < 1.29 is 9.26 Å². The molecule has 0 aliphatic rings. The predicted molar refractivity (Wildman–Crippen MR) is 96.6 cm³/mol. The van der Waals surface area contributed by atoms with Crippen LogP contribution in [0.15, 0.2) is 58.3 Å². The van der Waals surface area contributed by atoms with E-state index >= 15 is 0 Å². The minimum absolute atomic E-state index is 0.153. The second kappa shape index (κ2) is 6.44. The first kappa shape index (κ1) is 16.0. The summed E-state index contributed by atoms with van der Waals surface area (Å²) in [5, 5.41) is 5.38. The standard InChI is InChI=1S/C19H16N4O3/c1-3-14-9-12-5-4-6-15(13-10-20-19(25-2)21-11-13)17(12)18(24)23(14)16-7-8-26-22-16/h4-11H,3H2,1-2H3. The number of aromatic nitrogens is 4. The number of hydrogen-bond donors (Lipinski definition) is 0. The van der Waals surface area contributed by atoms with E-state index in [0.29, 0.717) is 17.6 Å². The zero-order chi connectivity index (χ0) is 18.1. The Balaban J connectivity index is 2.03. The fourth-order valence-electron chi connectivity index (χ4n) is 3.05. The number of benzene rings is 1.